The molecule has 1 fully saturated rings. The van der Waals surface area contributed by atoms with Crippen LogP contribution in [0.3, 0.4) is 0 Å². The molecule has 0 radical (unpaired) electrons. The number of fused-ring (bicyclic) bond motifs is 1. The molecule has 6 nitrogen and oxygen atoms in total. The summed E-state index contributed by atoms with van der Waals surface area (Å²) < 4.78 is 0. The summed E-state index contributed by atoms with van der Waals surface area (Å²) in [5.41, 5.74) is 0.456. The van der Waals surface area contributed by atoms with Crippen molar-refractivity contribution in [2.75, 3.05) is 4.90 Å². The van der Waals surface area contributed by atoms with E-state index in [1.54, 1.807) is 47.8 Å². The predicted octanol–water partition coefficient (Wildman–Crippen LogP) is 1.88. The van der Waals surface area contributed by atoms with Crippen molar-refractivity contribution in [3.8, 4) is 0 Å². The van der Waals surface area contributed by atoms with E-state index >= 15 is 0 Å². The number of nitrogens with zero attached hydrogens (tertiary/aromatic N) is 2. The number of anilines is 1. The SMILES string of the molecule is O=C(C1=NO[C@H]2C(=O)N(c3ccccc3)C(=O)[C@@H]12)c1cccs1. The van der Waals surface area contributed by atoms with Crippen molar-refractivity contribution in [2.24, 2.45) is 11.1 Å². The Hall–Kier alpha value is -2.80. The van der Waals surface area contributed by atoms with E-state index in [0.717, 1.165) is 4.90 Å². The van der Waals surface area contributed by atoms with Gasteiger partial charge in [-0.25, -0.2) is 4.90 Å². The first kappa shape index (κ1) is 13.8. The van der Waals surface area contributed by atoms with Crippen LogP contribution in [-0.2, 0) is 14.4 Å². The molecule has 1 aromatic carbocycles. The number of hydrogen-bond donors (Lipinski definition) is 0. The maximum Gasteiger partial charge on any atom is 0.278 e. The van der Waals surface area contributed by atoms with Crippen LogP contribution >= 0.6 is 11.3 Å². The van der Waals surface area contributed by atoms with Gasteiger partial charge in [0, 0.05) is 0 Å². The molecule has 2 atom stereocenters. The molecule has 0 unspecified atom stereocenters. The number of rotatable bonds is 3. The Morgan fingerprint density at radius 1 is 1.09 bits per heavy atom. The quantitative estimate of drug-likeness (QED) is 0.637. The number of imide groups is 1. The molecular weight excluding hydrogens is 316 g/mol. The second kappa shape index (κ2) is 5.13. The first-order chi connectivity index (χ1) is 11.2. The summed E-state index contributed by atoms with van der Waals surface area (Å²) in [6.45, 7) is 0. The van der Waals surface area contributed by atoms with Crippen LogP contribution in [0.15, 0.2) is 53.0 Å². The van der Waals surface area contributed by atoms with E-state index < -0.39 is 23.8 Å². The molecular formula is C16H10N2O4S. The number of amides is 2. The average Bonchev–Trinajstić information content (AvgIpc) is 3.28. The Balaban J connectivity index is 1.69. The average molecular weight is 326 g/mol. The number of Topliss-reactive ketones (excluding diaryl/α,β-unsaturated/α-hetero) is 1. The van der Waals surface area contributed by atoms with Gasteiger partial charge in [0.1, 0.15) is 11.6 Å². The Labute approximate surface area is 135 Å². The first-order valence-corrected chi connectivity index (χ1v) is 7.81. The maximum absolute atomic E-state index is 12.7. The van der Waals surface area contributed by atoms with Gasteiger partial charge in [-0.3, -0.25) is 14.4 Å². The third kappa shape index (κ3) is 2.01. The number of thiophene rings is 1. The van der Waals surface area contributed by atoms with Gasteiger partial charge in [0.25, 0.3) is 5.91 Å². The largest absolute Gasteiger partial charge is 0.381 e. The molecule has 2 amide bonds. The minimum atomic E-state index is -1.05. The number of ketones is 1. The topological polar surface area (TPSA) is 76.0 Å². The zero-order valence-electron chi connectivity index (χ0n) is 11.7. The van der Waals surface area contributed by atoms with Crippen molar-refractivity contribution in [1.82, 2.24) is 0 Å². The van der Waals surface area contributed by atoms with Crippen LogP contribution in [0.4, 0.5) is 5.69 Å². The van der Waals surface area contributed by atoms with Crippen molar-refractivity contribution in [3.05, 3.63) is 52.7 Å². The van der Waals surface area contributed by atoms with Gasteiger partial charge in [0.15, 0.2) is 0 Å². The van der Waals surface area contributed by atoms with Crippen LogP contribution in [0, 0.1) is 5.92 Å². The van der Waals surface area contributed by atoms with Crippen molar-refractivity contribution >= 4 is 40.3 Å². The van der Waals surface area contributed by atoms with Crippen molar-refractivity contribution in [2.45, 2.75) is 6.10 Å². The van der Waals surface area contributed by atoms with Crippen LogP contribution in [0.25, 0.3) is 0 Å². The van der Waals surface area contributed by atoms with Crippen molar-refractivity contribution in [3.63, 3.8) is 0 Å². The van der Waals surface area contributed by atoms with Gasteiger partial charge in [-0.1, -0.05) is 29.4 Å². The molecule has 0 aliphatic carbocycles. The summed E-state index contributed by atoms with van der Waals surface area (Å²) in [7, 11) is 0. The summed E-state index contributed by atoms with van der Waals surface area (Å²) >= 11 is 1.26. The molecule has 2 aromatic rings. The summed E-state index contributed by atoms with van der Waals surface area (Å²) in [6, 6.07) is 12.0. The molecule has 0 N–H and O–H groups in total. The van der Waals surface area contributed by atoms with E-state index in [0.29, 0.717) is 10.6 Å². The normalized spacial score (nSPS) is 22.8. The molecule has 0 saturated carbocycles. The molecule has 0 bridgehead atoms. The number of oxime groups is 1. The summed E-state index contributed by atoms with van der Waals surface area (Å²) in [4.78, 5) is 44.2. The van der Waals surface area contributed by atoms with Crippen LogP contribution in [-0.4, -0.2) is 29.4 Å². The van der Waals surface area contributed by atoms with Gasteiger partial charge in [-0.2, -0.15) is 0 Å². The van der Waals surface area contributed by atoms with E-state index in [1.165, 1.54) is 11.3 Å². The lowest BCUT2D eigenvalue weighted by Gasteiger charge is -2.14. The third-order valence-corrected chi connectivity index (χ3v) is 4.67. The molecule has 7 heteroatoms. The second-order valence-electron chi connectivity index (χ2n) is 5.13. The zero-order valence-corrected chi connectivity index (χ0v) is 12.5. The lowest BCUT2D eigenvalue weighted by molar-refractivity contribution is -0.126. The van der Waals surface area contributed by atoms with Crippen molar-refractivity contribution < 1.29 is 19.2 Å². The highest BCUT2D eigenvalue weighted by Gasteiger charge is 2.57. The standard InChI is InChI=1S/C16H10N2O4S/c19-13(10-7-4-8-23-10)12-11-14(22-17-12)16(21)18(15(11)20)9-5-2-1-3-6-9/h1-8,11,14H/t11-,14+/m0/s1. The van der Waals surface area contributed by atoms with E-state index in [2.05, 4.69) is 5.16 Å². The molecule has 0 spiro atoms. The minimum Gasteiger partial charge on any atom is -0.381 e. The Bertz CT molecular complexity index is 829. The third-order valence-electron chi connectivity index (χ3n) is 3.80. The summed E-state index contributed by atoms with van der Waals surface area (Å²) in [5, 5.41) is 5.47. The molecule has 1 aromatic heterocycles. The van der Waals surface area contributed by atoms with E-state index in [-0.39, 0.29) is 11.5 Å². The fourth-order valence-corrected chi connectivity index (χ4v) is 3.40. The monoisotopic (exact) mass is 326 g/mol. The summed E-state index contributed by atoms with van der Waals surface area (Å²) in [5.74, 6) is -2.32. The molecule has 23 heavy (non-hydrogen) atoms. The second-order valence-corrected chi connectivity index (χ2v) is 6.08. The Morgan fingerprint density at radius 3 is 2.57 bits per heavy atom. The molecule has 1 saturated heterocycles. The highest BCUT2D eigenvalue weighted by molar-refractivity contribution is 7.13. The fourth-order valence-electron chi connectivity index (χ4n) is 2.73. The number of carbonyl (C=O) groups is 3. The van der Waals surface area contributed by atoms with Gasteiger partial charge < -0.3 is 4.84 Å². The molecule has 114 valence electrons. The minimum absolute atomic E-state index is 0.00534. The lowest BCUT2D eigenvalue weighted by Crippen LogP contribution is -2.34. The number of benzene rings is 1. The molecule has 2 aliphatic heterocycles. The van der Waals surface area contributed by atoms with Crippen LogP contribution in [0.5, 0.6) is 0 Å². The zero-order chi connectivity index (χ0) is 16.0. The highest BCUT2D eigenvalue weighted by atomic mass is 32.1. The van der Waals surface area contributed by atoms with Crippen molar-refractivity contribution in [1.29, 1.82) is 0 Å². The highest BCUT2D eigenvalue weighted by Crippen LogP contribution is 2.34. The van der Waals surface area contributed by atoms with E-state index in [4.69, 9.17) is 4.84 Å². The molecule has 2 aliphatic rings. The number of carbonyl (C=O) groups excluding carboxylic acids is 3. The molecule has 4 rings (SSSR count). The van der Waals surface area contributed by atoms with E-state index in [1.807, 2.05) is 0 Å². The van der Waals surface area contributed by atoms with Gasteiger partial charge in [-0.05, 0) is 23.6 Å². The molecule has 3 heterocycles. The smallest absolute Gasteiger partial charge is 0.278 e. The van der Waals surface area contributed by atoms with E-state index in [9.17, 15) is 14.4 Å². The van der Waals surface area contributed by atoms with Gasteiger partial charge in [0.05, 0.1) is 10.6 Å². The maximum atomic E-state index is 12.7. The van der Waals surface area contributed by atoms with Gasteiger partial charge in [-0.15, -0.1) is 11.3 Å². The summed E-state index contributed by atoms with van der Waals surface area (Å²) in [6.07, 6.45) is -1.05. The Morgan fingerprint density at radius 2 is 1.87 bits per heavy atom. The fraction of sp³-hybridized carbons (Fsp3) is 0.125. The number of hydrogen-bond acceptors (Lipinski definition) is 6. The predicted molar refractivity (Wildman–Crippen MR) is 83.4 cm³/mol. The Kier molecular flexibility index (Phi) is 3.09. The first-order valence-electron chi connectivity index (χ1n) is 6.93. The van der Waals surface area contributed by atoms with Crippen LogP contribution < -0.4 is 4.90 Å². The number of para-hydroxylation sites is 1. The van der Waals surface area contributed by atoms with Gasteiger partial charge in [0.2, 0.25) is 17.8 Å². The lowest BCUT2D eigenvalue weighted by atomic mass is 9.96. The van der Waals surface area contributed by atoms with Crippen LogP contribution in [0.2, 0.25) is 0 Å². The van der Waals surface area contributed by atoms with Crippen LogP contribution in [0.1, 0.15) is 9.67 Å². The van der Waals surface area contributed by atoms with Gasteiger partial charge >= 0.3 is 0 Å².